The highest BCUT2D eigenvalue weighted by Gasteiger charge is 2.30. The van der Waals surface area contributed by atoms with Crippen molar-refractivity contribution in [3.63, 3.8) is 0 Å². The summed E-state index contributed by atoms with van der Waals surface area (Å²) < 4.78 is 39.8. The molecule has 0 amide bonds. The minimum absolute atomic E-state index is 0.196. The van der Waals surface area contributed by atoms with Crippen LogP contribution in [0.5, 0.6) is 5.75 Å². The summed E-state index contributed by atoms with van der Waals surface area (Å²) in [5.74, 6) is 0.398. The molecule has 0 aliphatic heterocycles. The summed E-state index contributed by atoms with van der Waals surface area (Å²) in [7, 11) is 0. The van der Waals surface area contributed by atoms with E-state index in [1.54, 1.807) is 12.1 Å². The van der Waals surface area contributed by atoms with E-state index in [0.717, 1.165) is 31.5 Å². The highest BCUT2D eigenvalue weighted by atomic mass is 19.4. The average Bonchev–Trinajstić information content (AvgIpc) is 2.37. The van der Waals surface area contributed by atoms with Crippen LogP contribution in [-0.2, 0) is 0 Å². The Labute approximate surface area is 110 Å². The lowest BCUT2D eigenvalue weighted by Gasteiger charge is -2.19. The first-order chi connectivity index (χ1) is 9.03. The van der Waals surface area contributed by atoms with Gasteiger partial charge in [-0.2, -0.15) is 0 Å². The van der Waals surface area contributed by atoms with E-state index in [0.29, 0.717) is 5.92 Å². The molecule has 1 aromatic carbocycles. The van der Waals surface area contributed by atoms with E-state index < -0.39 is 6.36 Å². The lowest BCUT2D eigenvalue weighted by molar-refractivity contribution is -0.274. The van der Waals surface area contributed by atoms with Crippen LogP contribution in [0.25, 0.3) is 0 Å². The van der Waals surface area contributed by atoms with Crippen molar-refractivity contribution in [2.75, 3.05) is 11.9 Å². The average molecular weight is 271 g/mol. The first-order valence-corrected chi connectivity index (χ1v) is 6.27. The van der Waals surface area contributed by atoms with E-state index in [1.807, 2.05) is 0 Å². The van der Waals surface area contributed by atoms with E-state index in [9.17, 15) is 13.2 Å². The Morgan fingerprint density at radius 1 is 1.16 bits per heavy atom. The van der Waals surface area contributed by atoms with Gasteiger partial charge in [-0.15, -0.1) is 13.2 Å². The normalized spacial score (nSPS) is 19.2. The molecule has 0 aromatic heterocycles. The van der Waals surface area contributed by atoms with Crippen molar-refractivity contribution < 1.29 is 17.9 Å². The third-order valence-electron chi connectivity index (χ3n) is 3.06. The van der Waals surface area contributed by atoms with Crippen LogP contribution in [-0.4, -0.2) is 12.9 Å². The standard InChI is InChI=1S/C14H16F3NO/c15-14(16,17)19-13-8-6-12(7-9-13)18-10-11-4-2-1-3-5-11/h1-2,6-9,11,18H,3-5,10H2. The quantitative estimate of drug-likeness (QED) is 0.822. The molecule has 0 radical (unpaired) electrons. The van der Waals surface area contributed by atoms with E-state index in [4.69, 9.17) is 0 Å². The molecular weight excluding hydrogens is 255 g/mol. The SMILES string of the molecule is FC(F)(F)Oc1ccc(NCC2CC=CCC2)cc1. The molecule has 1 atom stereocenters. The molecule has 0 heterocycles. The number of nitrogens with one attached hydrogen (secondary N) is 1. The maximum Gasteiger partial charge on any atom is 0.573 e. The van der Waals surface area contributed by atoms with Crippen LogP contribution in [0.1, 0.15) is 19.3 Å². The van der Waals surface area contributed by atoms with Crippen LogP contribution in [0.2, 0.25) is 0 Å². The van der Waals surface area contributed by atoms with Gasteiger partial charge in [0.15, 0.2) is 0 Å². The number of alkyl halides is 3. The first-order valence-electron chi connectivity index (χ1n) is 6.27. The summed E-state index contributed by atoms with van der Waals surface area (Å²) in [5.41, 5.74) is 0.809. The lowest BCUT2D eigenvalue weighted by atomic mass is 9.94. The fourth-order valence-corrected chi connectivity index (χ4v) is 2.08. The number of halogens is 3. The van der Waals surface area contributed by atoms with Gasteiger partial charge in [-0.3, -0.25) is 0 Å². The van der Waals surface area contributed by atoms with Gasteiger partial charge >= 0.3 is 6.36 Å². The van der Waals surface area contributed by atoms with Crippen molar-refractivity contribution in [1.29, 1.82) is 0 Å². The Bertz CT molecular complexity index is 425. The van der Waals surface area contributed by atoms with E-state index in [1.165, 1.54) is 12.1 Å². The van der Waals surface area contributed by atoms with Gasteiger partial charge in [-0.05, 0) is 49.4 Å². The molecule has 0 saturated heterocycles. The summed E-state index contributed by atoms with van der Waals surface area (Å²) in [6.45, 7) is 0.837. The number of rotatable bonds is 4. The van der Waals surface area contributed by atoms with Crippen molar-refractivity contribution in [2.24, 2.45) is 5.92 Å². The zero-order valence-electron chi connectivity index (χ0n) is 10.4. The van der Waals surface area contributed by atoms with Gasteiger partial charge in [0.2, 0.25) is 0 Å². The molecule has 2 rings (SSSR count). The predicted octanol–water partition coefficient (Wildman–Crippen LogP) is 4.35. The van der Waals surface area contributed by atoms with Gasteiger partial charge < -0.3 is 10.1 Å². The van der Waals surface area contributed by atoms with Gasteiger partial charge in [0, 0.05) is 12.2 Å². The van der Waals surface area contributed by atoms with E-state index >= 15 is 0 Å². The second kappa shape index (κ2) is 5.99. The molecule has 1 aliphatic rings. The number of benzene rings is 1. The molecule has 0 bridgehead atoms. The summed E-state index contributed by atoms with van der Waals surface area (Å²) in [4.78, 5) is 0. The molecule has 0 spiro atoms. The number of hydrogen-bond donors (Lipinski definition) is 1. The van der Waals surface area contributed by atoms with Crippen molar-refractivity contribution in [1.82, 2.24) is 0 Å². The van der Waals surface area contributed by atoms with Crippen molar-refractivity contribution >= 4 is 5.69 Å². The van der Waals surface area contributed by atoms with Crippen LogP contribution >= 0.6 is 0 Å². The lowest BCUT2D eigenvalue weighted by Crippen LogP contribution is -2.17. The van der Waals surface area contributed by atoms with Crippen molar-refractivity contribution in [2.45, 2.75) is 25.6 Å². The van der Waals surface area contributed by atoms with Crippen LogP contribution in [0.4, 0.5) is 18.9 Å². The van der Waals surface area contributed by atoms with Gasteiger partial charge in [-0.1, -0.05) is 12.2 Å². The number of hydrogen-bond acceptors (Lipinski definition) is 2. The minimum atomic E-state index is -4.64. The first kappa shape index (κ1) is 13.8. The molecule has 1 N–H and O–H groups in total. The van der Waals surface area contributed by atoms with E-state index in [-0.39, 0.29) is 5.75 Å². The summed E-state index contributed by atoms with van der Waals surface area (Å²) in [6, 6.07) is 5.83. The summed E-state index contributed by atoms with van der Waals surface area (Å²) in [6.07, 6.45) is 3.03. The fourth-order valence-electron chi connectivity index (χ4n) is 2.08. The second-order valence-electron chi connectivity index (χ2n) is 4.60. The molecule has 1 aromatic rings. The monoisotopic (exact) mass is 271 g/mol. The number of anilines is 1. The molecule has 2 nitrogen and oxygen atoms in total. The molecular formula is C14H16F3NO. The number of ether oxygens (including phenoxy) is 1. The summed E-state index contributed by atoms with van der Waals surface area (Å²) in [5, 5.41) is 3.23. The molecule has 1 aliphatic carbocycles. The van der Waals surface area contributed by atoms with Crippen LogP contribution in [0.3, 0.4) is 0 Å². The maximum absolute atomic E-state index is 12.0. The smallest absolute Gasteiger partial charge is 0.406 e. The fraction of sp³-hybridized carbons (Fsp3) is 0.429. The van der Waals surface area contributed by atoms with Crippen molar-refractivity contribution in [3.8, 4) is 5.75 Å². The maximum atomic E-state index is 12.0. The molecule has 0 saturated carbocycles. The third kappa shape index (κ3) is 4.85. The molecule has 104 valence electrons. The van der Waals surface area contributed by atoms with E-state index in [2.05, 4.69) is 22.2 Å². The van der Waals surface area contributed by atoms with Crippen molar-refractivity contribution in [3.05, 3.63) is 36.4 Å². The summed E-state index contributed by atoms with van der Waals surface area (Å²) >= 11 is 0. The zero-order chi connectivity index (χ0) is 13.7. The zero-order valence-corrected chi connectivity index (χ0v) is 10.4. The van der Waals surface area contributed by atoms with Gasteiger partial charge in [0.1, 0.15) is 5.75 Å². The van der Waals surface area contributed by atoms with Gasteiger partial charge in [0.05, 0.1) is 0 Å². The molecule has 19 heavy (non-hydrogen) atoms. The Morgan fingerprint density at radius 3 is 2.47 bits per heavy atom. The minimum Gasteiger partial charge on any atom is -0.406 e. The van der Waals surface area contributed by atoms with Gasteiger partial charge in [-0.25, -0.2) is 0 Å². The van der Waals surface area contributed by atoms with Crippen LogP contribution in [0.15, 0.2) is 36.4 Å². The third-order valence-corrected chi connectivity index (χ3v) is 3.06. The Hall–Kier alpha value is -1.65. The highest BCUT2D eigenvalue weighted by molar-refractivity contribution is 5.46. The topological polar surface area (TPSA) is 21.3 Å². The van der Waals surface area contributed by atoms with Crippen LogP contribution in [0, 0.1) is 5.92 Å². The second-order valence-corrected chi connectivity index (χ2v) is 4.60. The Kier molecular flexibility index (Phi) is 4.35. The Morgan fingerprint density at radius 2 is 1.89 bits per heavy atom. The molecule has 5 heteroatoms. The largest absolute Gasteiger partial charge is 0.573 e. The van der Waals surface area contributed by atoms with Crippen LogP contribution < -0.4 is 10.1 Å². The van der Waals surface area contributed by atoms with Gasteiger partial charge in [0.25, 0.3) is 0 Å². The molecule has 0 fully saturated rings. The highest BCUT2D eigenvalue weighted by Crippen LogP contribution is 2.24. The number of allylic oxidation sites excluding steroid dienone is 2. The molecule has 1 unspecified atom stereocenters. The Balaban J connectivity index is 1.83. The predicted molar refractivity (Wildman–Crippen MR) is 68.1 cm³/mol.